The molecule has 1 aliphatic carbocycles. The molecule has 27 heavy (non-hydrogen) atoms. The Morgan fingerprint density at radius 3 is 2.85 bits per heavy atom. The first kappa shape index (κ1) is 18.0. The van der Waals surface area contributed by atoms with Gasteiger partial charge in [-0.25, -0.2) is 0 Å². The van der Waals surface area contributed by atoms with Gasteiger partial charge in [-0.05, 0) is 51.2 Å². The van der Waals surface area contributed by atoms with E-state index >= 15 is 0 Å². The molecule has 0 saturated heterocycles. The number of carbonyl (C=O) groups is 1. The van der Waals surface area contributed by atoms with Crippen molar-refractivity contribution < 1.29 is 4.79 Å². The van der Waals surface area contributed by atoms with Crippen molar-refractivity contribution in [3.63, 3.8) is 0 Å². The van der Waals surface area contributed by atoms with Crippen molar-refractivity contribution >= 4 is 38.2 Å². The van der Waals surface area contributed by atoms with Gasteiger partial charge in [0.2, 0.25) is 0 Å². The number of nitrogens with zero attached hydrogens (tertiary/aromatic N) is 1. The van der Waals surface area contributed by atoms with E-state index in [1.54, 1.807) is 10.6 Å². The Labute approximate surface area is 162 Å². The van der Waals surface area contributed by atoms with Crippen LogP contribution in [0.25, 0.3) is 21.0 Å². The molecule has 5 heteroatoms. The minimum absolute atomic E-state index is 0.0196. The van der Waals surface area contributed by atoms with Crippen LogP contribution in [-0.2, 0) is 6.54 Å². The summed E-state index contributed by atoms with van der Waals surface area (Å²) < 4.78 is 2.68. The summed E-state index contributed by atoms with van der Waals surface area (Å²) in [5.74, 6) is -0.0841. The number of amides is 1. The molecule has 4 rings (SSSR count). The fraction of sp³-hybridized carbons (Fsp3) is 0.364. The molecule has 4 nitrogen and oxygen atoms in total. The fourth-order valence-electron chi connectivity index (χ4n) is 3.89. The first-order valence-corrected chi connectivity index (χ1v) is 10.5. The smallest absolute Gasteiger partial charge is 0.261 e. The predicted octanol–water partition coefficient (Wildman–Crippen LogP) is 4.86. The van der Waals surface area contributed by atoms with Gasteiger partial charge in [0.25, 0.3) is 11.5 Å². The summed E-state index contributed by atoms with van der Waals surface area (Å²) in [7, 11) is 0. The SMILES string of the molecule is CCn1c(=O)c2cc(C(=O)NCCC3=CCCCC3)sc2c2ccccc21. The molecule has 2 heterocycles. The van der Waals surface area contributed by atoms with E-state index < -0.39 is 0 Å². The monoisotopic (exact) mass is 380 g/mol. The van der Waals surface area contributed by atoms with E-state index in [0.717, 1.165) is 34.9 Å². The topological polar surface area (TPSA) is 51.1 Å². The molecule has 0 aliphatic heterocycles. The molecular weight excluding hydrogens is 356 g/mol. The zero-order chi connectivity index (χ0) is 18.8. The second-order valence-electron chi connectivity index (χ2n) is 7.03. The molecule has 2 aromatic heterocycles. The van der Waals surface area contributed by atoms with Crippen LogP contribution in [0.1, 0.15) is 48.7 Å². The van der Waals surface area contributed by atoms with Gasteiger partial charge in [0.05, 0.1) is 15.8 Å². The number of benzene rings is 1. The number of allylic oxidation sites excluding steroid dienone is 1. The third-order valence-electron chi connectivity index (χ3n) is 5.30. The first-order chi connectivity index (χ1) is 13.2. The van der Waals surface area contributed by atoms with E-state index in [-0.39, 0.29) is 11.5 Å². The molecule has 0 bridgehead atoms. The summed E-state index contributed by atoms with van der Waals surface area (Å²) in [4.78, 5) is 26.1. The van der Waals surface area contributed by atoms with Gasteiger partial charge in [-0.2, -0.15) is 0 Å². The first-order valence-electron chi connectivity index (χ1n) is 9.70. The van der Waals surface area contributed by atoms with Crippen molar-refractivity contribution in [3.05, 3.63) is 57.2 Å². The number of hydrogen-bond donors (Lipinski definition) is 1. The van der Waals surface area contributed by atoms with Gasteiger partial charge in [0.1, 0.15) is 0 Å². The second-order valence-corrected chi connectivity index (χ2v) is 8.09. The van der Waals surface area contributed by atoms with Crippen LogP contribution < -0.4 is 10.9 Å². The highest BCUT2D eigenvalue weighted by Gasteiger charge is 2.16. The van der Waals surface area contributed by atoms with E-state index in [1.165, 1.54) is 29.8 Å². The number of aromatic nitrogens is 1. The molecule has 0 atom stereocenters. The van der Waals surface area contributed by atoms with Crippen LogP contribution in [0.2, 0.25) is 0 Å². The minimum Gasteiger partial charge on any atom is -0.351 e. The standard InChI is InChI=1S/C22H24N2O2S/c1-2-24-18-11-7-6-10-16(18)20-17(22(24)26)14-19(27-20)21(25)23-13-12-15-8-4-3-5-9-15/h6-8,10-11,14H,2-5,9,12-13H2,1H3,(H,23,25). The van der Waals surface area contributed by atoms with E-state index in [2.05, 4.69) is 11.4 Å². The highest BCUT2D eigenvalue weighted by Crippen LogP contribution is 2.30. The summed E-state index contributed by atoms with van der Waals surface area (Å²) >= 11 is 1.41. The summed E-state index contributed by atoms with van der Waals surface area (Å²) in [6.07, 6.45) is 8.09. The average Bonchev–Trinajstić information content (AvgIpc) is 3.15. The molecular formula is C22H24N2O2S. The Balaban J connectivity index is 1.62. The molecule has 0 spiro atoms. The van der Waals surface area contributed by atoms with Gasteiger partial charge >= 0.3 is 0 Å². The molecule has 0 unspecified atom stereocenters. The van der Waals surface area contributed by atoms with Gasteiger partial charge in [-0.15, -0.1) is 11.3 Å². The Kier molecular flexibility index (Phi) is 5.12. The largest absolute Gasteiger partial charge is 0.351 e. The molecule has 1 amide bonds. The van der Waals surface area contributed by atoms with E-state index in [9.17, 15) is 9.59 Å². The van der Waals surface area contributed by atoms with Crippen LogP contribution in [0.4, 0.5) is 0 Å². The van der Waals surface area contributed by atoms with Crippen LogP contribution in [0.3, 0.4) is 0 Å². The molecule has 1 aliphatic rings. The van der Waals surface area contributed by atoms with E-state index in [4.69, 9.17) is 0 Å². The lowest BCUT2D eigenvalue weighted by molar-refractivity contribution is 0.0958. The molecule has 1 aromatic carbocycles. The van der Waals surface area contributed by atoms with Gasteiger partial charge in [-0.1, -0.05) is 29.8 Å². The number of carbonyl (C=O) groups excluding carboxylic acids is 1. The molecule has 140 valence electrons. The third-order valence-corrected chi connectivity index (χ3v) is 6.47. The summed E-state index contributed by atoms with van der Waals surface area (Å²) in [6.45, 7) is 3.24. The highest BCUT2D eigenvalue weighted by atomic mass is 32.1. The number of fused-ring (bicyclic) bond motifs is 3. The van der Waals surface area contributed by atoms with Crippen molar-refractivity contribution in [1.82, 2.24) is 9.88 Å². The van der Waals surface area contributed by atoms with E-state index in [0.29, 0.717) is 23.4 Å². The van der Waals surface area contributed by atoms with Gasteiger partial charge in [0.15, 0.2) is 0 Å². The van der Waals surface area contributed by atoms with Crippen LogP contribution >= 0.6 is 11.3 Å². The van der Waals surface area contributed by atoms with Crippen molar-refractivity contribution in [3.8, 4) is 0 Å². The third kappa shape index (κ3) is 3.44. The molecule has 3 aromatic rings. The number of aryl methyl sites for hydroxylation is 1. The lowest BCUT2D eigenvalue weighted by atomic mass is 9.97. The Morgan fingerprint density at radius 2 is 2.07 bits per heavy atom. The quantitative estimate of drug-likeness (QED) is 0.643. The van der Waals surface area contributed by atoms with Crippen molar-refractivity contribution in [2.75, 3.05) is 6.54 Å². The maximum absolute atomic E-state index is 12.9. The maximum Gasteiger partial charge on any atom is 0.261 e. The van der Waals surface area contributed by atoms with Crippen LogP contribution in [0.15, 0.2) is 46.8 Å². The van der Waals surface area contributed by atoms with Crippen molar-refractivity contribution in [1.29, 1.82) is 0 Å². The van der Waals surface area contributed by atoms with Crippen LogP contribution in [-0.4, -0.2) is 17.0 Å². The van der Waals surface area contributed by atoms with Gasteiger partial charge < -0.3 is 9.88 Å². The number of rotatable bonds is 5. The zero-order valence-electron chi connectivity index (χ0n) is 15.6. The van der Waals surface area contributed by atoms with Crippen LogP contribution in [0.5, 0.6) is 0 Å². The van der Waals surface area contributed by atoms with Gasteiger partial charge in [0, 0.05) is 23.2 Å². The summed E-state index contributed by atoms with van der Waals surface area (Å²) in [5.41, 5.74) is 2.36. The Morgan fingerprint density at radius 1 is 1.22 bits per heavy atom. The van der Waals surface area contributed by atoms with E-state index in [1.807, 2.05) is 31.2 Å². The normalized spacial score (nSPS) is 14.5. The second kappa shape index (κ2) is 7.69. The number of thiophene rings is 1. The zero-order valence-corrected chi connectivity index (χ0v) is 16.4. The number of nitrogens with one attached hydrogen (secondary N) is 1. The predicted molar refractivity (Wildman–Crippen MR) is 113 cm³/mol. The summed E-state index contributed by atoms with van der Waals surface area (Å²) in [6, 6.07) is 9.68. The van der Waals surface area contributed by atoms with Crippen molar-refractivity contribution in [2.24, 2.45) is 0 Å². The Hall–Kier alpha value is -2.40. The average molecular weight is 381 g/mol. The minimum atomic E-state index is -0.0841. The fourth-order valence-corrected chi connectivity index (χ4v) is 4.99. The highest BCUT2D eigenvalue weighted by molar-refractivity contribution is 7.21. The molecule has 1 N–H and O–H groups in total. The van der Waals surface area contributed by atoms with Crippen LogP contribution in [0, 0.1) is 0 Å². The molecule has 0 radical (unpaired) electrons. The lowest BCUT2D eigenvalue weighted by Crippen LogP contribution is -2.24. The maximum atomic E-state index is 12.9. The van der Waals surface area contributed by atoms with Crippen molar-refractivity contribution in [2.45, 2.75) is 45.6 Å². The summed E-state index contributed by atoms with van der Waals surface area (Å²) in [5, 5.41) is 4.70. The van der Waals surface area contributed by atoms with Gasteiger partial charge in [-0.3, -0.25) is 9.59 Å². The number of hydrogen-bond acceptors (Lipinski definition) is 3. The number of pyridine rings is 1. The Bertz CT molecular complexity index is 1090. The molecule has 0 saturated carbocycles. The lowest BCUT2D eigenvalue weighted by Gasteiger charge is -2.12. The number of para-hydroxylation sites is 1. The molecule has 0 fully saturated rings.